The molecule has 0 aromatic carbocycles. The van der Waals surface area contributed by atoms with Crippen molar-refractivity contribution in [3.63, 3.8) is 0 Å². The molecule has 1 atom stereocenters. The van der Waals surface area contributed by atoms with Gasteiger partial charge in [-0.1, -0.05) is 18.9 Å². The number of nitrogens with one attached hydrogen (secondary N) is 1. The predicted octanol–water partition coefficient (Wildman–Crippen LogP) is 2.82. The van der Waals surface area contributed by atoms with Gasteiger partial charge >= 0.3 is 5.97 Å². The van der Waals surface area contributed by atoms with Crippen molar-refractivity contribution in [1.29, 1.82) is 0 Å². The lowest BCUT2D eigenvalue weighted by Gasteiger charge is -2.17. The molecule has 3 aliphatic rings. The molecule has 0 aliphatic heterocycles. The molecule has 3 saturated carbocycles. The van der Waals surface area contributed by atoms with Crippen LogP contribution in [0, 0.1) is 11.8 Å². The van der Waals surface area contributed by atoms with E-state index in [1.54, 1.807) is 6.07 Å². The monoisotopic (exact) mass is 358 g/mol. The number of nitrogens with zero attached hydrogens (tertiary/aromatic N) is 1. The van der Waals surface area contributed by atoms with Gasteiger partial charge in [-0.2, -0.15) is 0 Å². The van der Waals surface area contributed by atoms with Gasteiger partial charge in [0.2, 0.25) is 5.88 Å². The van der Waals surface area contributed by atoms with Crippen molar-refractivity contribution < 1.29 is 19.1 Å². The number of esters is 1. The quantitative estimate of drug-likeness (QED) is 0.687. The lowest BCUT2D eigenvalue weighted by molar-refractivity contribution is -0.143. The van der Waals surface area contributed by atoms with Gasteiger partial charge in [-0.15, -0.1) is 0 Å². The average Bonchev–Trinajstić information content (AvgIpc) is 3.48. The summed E-state index contributed by atoms with van der Waals surface area (Å²) >= 11 is 0. The Labute approximate surface area is 153 Å². The summed E-state index contributed by atoms with van der Waals surface area (Å²) in [5.41, 5.74) is 1.40. The highest BCUT2D eigenvalue weighted by atomic mass is 16.5. The minimum absolute atomic E-state index is 0.296. The zero-order valence-corrected chi connectivity index (χ0v) is 15.2. The molecule has 3 aliphatic carbocycles. The van der Waals surface area contributed by atoms with Crippen LogP contribution in [0.2, 0.25) is 0 Å². The number of amides is 1. The number of hydrogen-bond donors (Lipinski definition) is 1. The van der Waals surface area contributed by atoms with Crippen LogP contribution in [0.25, 0.3) is 0 Å². The molecule has 6 heteroatoms. The highest BCUT2D eigenvalue weighted by molar-refractivity contribution is 5.95. The fraction of sp³-hybridized carbons (Fsp3) is 0.650. The van der Waals surface area contributed by atoms with Crippen LogP contribution in [-0.2, 0) is 9.53 Å². The van der Waals surface area contributed by atoms with Crippen LogP contribution in [-0.4, -0.2) is 36.6 Å². The molecule has 1 amide bonds. The van der Waals surface area contributed by atoms with Crippen LogP contribution in [0.3, 0.4) is 0 Å². The number of carbonyl (C=O) groups is 2. The van der Waals surface area contributed by atoms with E-state index in [1.165, 1.54) is 20.0 Å². The Hall–Kier alpha value is -2.11. The van der Waals surface area contributed by atoms with E-state index in [0.29, 0.717) is 42.4 Å². The topological polar surface area (TPSA) is 77.5 Å². The summed E-state index contributed by atoms with van der Waals surface area (Å²) in [4.78, 5) is 29.1. The average molecular weight is 358 g/mol. The SMILES string of the molecule is COC(=O)[C@H](CC1CC1)NC(=O)c1ccc(C2CC2)c(OCC2CC2)n1. The second-order valence-electron chi connectivity index (χ2n) is 7.85. The highest BCUT2D eigenvalue weighted by Gasteiger charge is 2.33. The van der Waals surface area contributed by atoms with E-state index in [1.807, 2.05) is 6.07 Å². The summed E-state index contributed by atoms with van der Waals surface area (Å²) in [6, 6.07) is 3.08. The molecule has 6 nitrogen and oxygen atoms in total. The maximum Gasteiger partial charge on any atom is 0.328 e. The summed E-state index contributed by atoms with van der Waals surface area (Å²) in [7, 11) is 1.35. The molecule has 0 radical (unpaired) electrons. The molecule has 1 N–H and O–H groups in total. The molecular formula is C20H26N2O4. The smallest absolute Gasteiger partial charge is 0.328 e. The van der Waals surface area contributed by atoms with Gasteiger partial charge < -0.3 is 14.8 Å². The summed E-state index contributed by atoms with van der Waals surface area (Å²) in [6.07, 6.45) is 7.57. The molecule has 1 heterocycles. The summed E-state index contributed by atoms with van der Waals surface area (Å²) < 4.78 is 10.8. The Morgan fingerprint density at radius 3 is 2.50 bits per heavy atom. The van der Waals surface area contributed by atoms with Crippen molar-refractivity contribution in [3.8, 4) is 5.88 Å². The third kappa shape index (κ3) is 4.34. The van der Waals surface area contributed by atoms with Crippen molar-refractivity contribution in [2.45, 2.75) is 56.9 Å². The highest BCUT2D eigenvalue weighted by Crippen LogP contribution is 2.44. The molecule has 4 rings (SSSR count). The standard InChI is InChI=1S/C20H26N2O4/c1-25-20(24)17(10-12-2-3-12)21-18(23)16-9-8-15(14-6-7-14)19(22-16)26-11-13-4-5-13/h8-9,12-14,17H,2-7,10-11H2,1H3,(H,21,23)/t17-/m0/s1. The summed E-state index contributed by atoms with van der Waals surface area (Å²) in [6.45, 7) is 0.671. The molecule has 0 spiro atoms. The van der Waals surface area contributed by atoms with Crippen LogP contribution < -0.4 is 10.1 Å². The van der Waals surface area contributed by atoms with Crippen molar-refractivity contribution in [1.82, 2.24) is 10.3 Å². The lowest BCUT2D eigenvalue weighted by atomic mass is 10.1. The van der Waals surface area contributed by atoms with Crippen molar-refractivity contribution in [2.24, 2.45) is 11.8 Å². The summed E-state index contributed by atoms with van der Waals surface area (Å²) in [5, 5.41) is 2.79. The fourth-order valence-electron chi connectivity index (χ4n) is 3.16. The molecular weight excluding hydrogens is 332 g/mol. The van der Waals surface area contributed by atoms with E-state index in [9.17, 15) is 9.59 Å². The second-order valence-corrected chi connectivity index (χ2v) is 7.85. The van der Waals surface area contributed by atoms with Crippen LogP contribution in [0.5, 0.6) is 5.88 Å². The Bertz CT molecular complexity index is 693. The van der Waals surface area contributed by atoms with E-state index >= 15 is 0 Å². The van der Waals surface area contributed by atoms with Gasteiger partial charge in [-0.3, -0.25) is 4.79 Å². The Balaban J connectivity index is 1.46. The Morgan fingerprint density at radius 2 is 1.88 bits per heavy atom. The van der Waals surface area contributed by atoms with Gasteiger partial charge in [0.15, 0.2) is 0 Å². The molecule has 0 saturated heterocycles. The normalized spacial score (nSPS) is 20.3. The van der Waals surface area contributed by atoms with Crippen LogP contribution in [0.1, 0.15) is 66.9 Å². The number of rotatable bonds is 9. The van der Waals surface area contributed by atoms with Crippen molar-refractivity contribution in [3.05, 3.63) is 23.4 Å². The molecule has 1 aromatic heterocycles. The first-order chi connectivity index (χ1) is 12.6. The second kappa shape index (κ2) is 7.25. The maximum absolute atomic E-state index is 12.6. The molecule has 0 bridgehead atoms. The Kier molecular flexibility index (Phi) is 4.83. The van der Waals surface area contributed by atoms with Crippen LogP contribution >= 0.6 is 0 Å². The van der Waals surface area contributed by atoms with Crippen molar-refractivity contribution in [2.75, 3.05) is 13.7 Å². The first kappa shape index (κ1) is 17.3. The van der Waals surface area contributed by atoms with E-state index in [-0.39, 0.29) is 5.91 Å². The van der Waals surface area contributed by atoms with E-state index < -0.39 is 12.0 Å². The number of ether oxygens (including phenoxy) is 2. The van der Waals surface area contributed by atoms with Gasteiger partial charge in [0.1, 0.15) is 11.7 Å². The number of hydrogen-bond acceptors (Lipinski definition) is 5. The zero-order valence-electron chi connectivity index (χ0n) is 15.2. The maximum atomic E-state index is 12.6. The minimum atomic E-state index is -0.610. The molecule has 140 valence electrons. The van der Waals surface area contributed by atoms with Crippen LogP contribution in [0.4, 0.5) is 0 Å². The van der Waals surface area contributed by atoms with Gasteiger partial charge in [-0.25, -0.2) is 9.78 Å². The van der Waals surface area contributed by atoms with E-state index in [2.05, 4.69) is 10.3 Å². The molecule has 26 heavy (non-hydrogen) atoms. The summed E-state index contributed by atoms with van der Waals surface area (Å²) in [5.74, 6) is 1.48. The lowest BCUT2D eigenvalue weighted by Crippen LogP contribution is -2.42. The van der Waals surface area contributed by atoms with Gasteiger partial charge in [0, 0.05) is 5.56 Å². The van der Waals surface area contributed by atoms with Crippen molar-refractivity contribution >= 4 is 11.9 Å². The Morgan fingerprint density at radius 1 is 1.15 bits per heavy atom. The van der Waals surface area contributed by atoms with Gasteiger partial charge in [0.25, 0.3) is 5.91 Å². The van der Waals surface area contributed by atoms with E-state index in [0.717, 1.165) is 31.2 Å². The number of pyridine rings is 1. The third-order valence-corrected chi connectivity index (χ3v) is 5.35. The first-order valence-corrected chi connectivity index (χ1v) is 9.66. The largest absolute Gasteiger partial charge is 0.477 e. The van der Waals surface area contributed by atoms with Crippen LogP contribution in [0.15, 0.2) is 12.1 Å². The third-order valence-electron chi connectivity index (χ3n) is 5.35. The predicted molar refractivity (Wildman–Crippen MR) is 95.0 cm³/mol. The molecule has 0 unspecified atom stereocenters. The number of carbonyl (C=O) groups excluding carboxylic acids is 2. The number of aromatic nitrogens is 1. The zero-order chi connectivity index (χ0) is 18.1. The van der Waals surface area contributed by atoms with Gasteiger partial charge in [0.05, 0.1) is 13.7 Å². The molecule has 1 aromatic rings. The minimum Gasteiger partial charge on any atom is -0.477 e. The van der Waals surface area contributed by atoms with Gasteiger partial charge in [-0.05, 0) is 55.9 Å². The fourth-order valence-corrected chi connectivity index (χ4v) is 3.16. The first-order valence-electron chi connectivity index (χ1n) is 9.66. The van der Waals surface area contributed by atoms with E-state index in [4.69, 9.17) is 9.47 Å². The molecule has 3 fully saturated rings. The number of methoxy groups -OCH3 is 1.